The fraction of sp³-hybridized carbons (Fsp3) is 0.882. The number of hydrogen-bond donors (Lipinski definition) is 2. The van der Waals surface area contributed by atoms with Crippen LogP contribution in [0.1, 0.15) is 58.8 Å². The van der Waals surface area contributed by atoms with Crippen LogP contribution in [0.25, 0.3) is 0 Å². The molecule has 1 heterocycles. The summed E-state index contributed by atoms with van der Waals surface area (Å²) in [7, 11) is 0. The van der Waals surface area contributed by atoms with Crippen LogP contribution in [0.15, 0.2) is 0 Å². The Morgan fingerprint density at radius 3 is 2.91 bits per heavy atom. The molecule has 4 unspecified atom stereocenters. The Kier molecular flexibility index (Phi) is 6.24. The summed E-state index contributed by atoms with van der Waals surface area (Å²) < 4.78 is 0. The Labute approximate surface area is 133 Å². The minimum atomic E-state index is -0.214. The Hall–Kier alpha value is -1.10. The van der Waals surface area contributed by atoms with E-state index >= 15 is 0 Å². The van der Waals surface area contributed by atoms with Gasteiger partial charge in [0.1, 0.15) is 0 Å². The highest BCUT2D eigenvalue weighted by molar-refractivity contribution is 5.89. The van der Waals surface area contributed by atoms with Gasteiger partial charge in [-0.15, -0.1) is 0 Å². The molecule has 0 radical (unpaired) electrons. The maximum atomic E-state index is 12.3. The number of carbonyl (C=O) groups is 2. The number of likely N-dealkylation sites (tertiary alicyclic amines) is 1. The third kappa shape index (κ3) is 4.45. The normalized spacial score (nSPS) is 30.4. The van der Waals surface area contributed by atoms with Gasteiger partial charge in [0.25, 0.3) is 0 Å². The number of aliphatic hydroxyl groups is 1. The lowest BCUT2D eigenvalue weighted by molar-refractivity contribution is -0.130. The molecular formula is C17H30N2O3. The lowest BCUT2D eigenvalue weighted by Gasteiger charge is -2.26. The van der Waals surface area contributed by atoms with Crippen LogP contribution >= 0.6 is 0 Å². The molecule has 0 aromatic carbocycles. The summed E-state index contributed by atoms with van der Waals surface area (Å²) in [6, 6.07) is 0.226. The van der Waals surface area contributed by atoms with E-state index in [1.165, 1.54) is 0 Å². The SMILES string of the molecule is CCCC(C)N1CC(C(=O)NCC2CCCC(O)C2)CC1=O. The van der Waals surface area contributed by atoms with Gasteiger partial charge in [0.2, 0.25) is 11.8 Å². The van der Waals surface area contributed by atoms with Crippen LogP contribution in [0, 0.1) is 11.8 Å². The minimum absolute atomic E-state index is 0.000360. The first kappa shape index (κ1) is 17.3. The van der Waals surface area contributed by atoms with E-state index in [0.29, 0.717) is 25.4 Å². The largest absolute Gasteiger partial charge is 0.393 e. The minimum Gasteiger partial charge on any atom is -0.393 e. The summed E-state index contributed by atoms with van der Waals surface area (Å²) in [5, 5.41) is 12.7. The van der Waals surface area contributed by atoms with Crippen molar-refractivity contribution in [2.24, 2.45) is 11.8 Å². The van der Waals surface area contributed by atoms with Gasteiger partial charge >= 0.3 is 0 Å². The number of rotatable bonds is 6. The van der Waals surface area contributed by atoms with E-state index < -0.39 is 0 Å². The summed E-state index contributed by atoms with van der Waals surface area (Å²) in [5.41, 5.74) is 0. The highest BCUT2D eigenvalue weighted by atomic mass is 16.3. The van der Waals surface area contributed by atoms with E-state index in [0.717, 1.165) is 38.5 Å². The first-order valence-electron chi connectivity index (χ1n) is 8.76. The number of amides is 2. The second kappa shape index (κ2) is 7.95. The number of carbonyl (C=O) groups excluding carboxylic acids is 2. The Morgan fingerprint density at radius 2 is 2.23 bits per heavy atom. The third-order valence-corrected chi connectivity index (χ3v) is 5.09. The third-order valence-electron chi connectivity index (χ3n) is 5.09. The maximum absolute atomic E-state index is 12.3. The van der Waals surface area contributed by atoms with E-state index in [2.05, 4.69) is 19.2 Å². The van der Waals surface area contributed by atoms with Gasteiger partial charge in [-0.25, -0.2) is 0 Å². The van der Waals surface area contributed by atoms with Crippen molar-refractivity contribution in [1.82, 2.24) is 10.2 Å². The molecule has 1 saturated carbocycles. The number of nitrogens with one attached hydrogen (secondary N) is 1. The molecule has 2 amide bonds. The first-order valence-corrected chi connectivity index (χ1v) is 8.76. The Balaban J connectivity index is 1.77. The second-order valence-corrected chi connectivity index (χ2v) is 7.02. The number of aliphatic hydroxyl groups excluding tert-OH is 1. The molecule has 126 valence electrons. The van der Waals surface area contributed by atoms with E-state index in [4.69, 9.17) is 0 Å². The van der Waals surface area contributed by atoms with Gasteiger partial charge in [-0.1, -0.05) is 19.8 Å². The zero-order chi connectivity index (χ0) is 16.1. The fourth-order valence-corrected chi connectivity index (χ4v) is 3.74. The molecule has 4 atom stereocenters. The molecule has 2 fully saturated rings. The van der Waals surface area contributed by atoms with Crippen molar-refractivity contribution in [2.45, 2.75) is 70.9 Å². The molecule has 0 spiro atoms. The van der Waals surface area contributed by atoms with E-state index in [1.807, 2.05) is 4.90 Å². The second-order valence-electron chi connectivity index (χ2n) is 7.02. The van der Waals surface area contributed by atoms with Gasteiger partial charge in [0, 0.05) is 25.6 Å². The molecule has 5 nitrogen and oxygen atoms in total. The molecule has 0 aromatic heterocycles. The predicted octanol–water partition coefficient (Wildman–Crippen LogP) is 1.69. The van der Waals surface area contributed by atoms with E-state index in [-0.39, 0.29) is 29.9 Å². The first-order chi connectivity index (χ1) is 10.5. The van der Waals surface area contributed by atoms with Crippen LogP contribution in [0.2, 0.25) is 0 Å². The van der Waals surface area contributed by atoms with Crippen molar-refractivity contribution in [2.75, 3.05) is 13.1 Å². The summed E-state index contributed by atoms with van der Waals surface area (Å²) >= 11 is 0. The summed E-state index contributed by atoms with van der Waals surface area (Å²) in [5.74, 6) is 0.272. The van der Waals surface area contributed by atoms with Gasteiger partial charge in [0.05, 0.1) is 12.0 Å². The Morgan fingerprint density at radius 1 is 1.45 bits per heavy atom. The topological polar surface area (TPSA) is 69.6 Å². The van der Waals surface area contributed by atoms with Crippen molar-refractivity contribution in [3.63, 3.8) is 0 Å². The molecular weight excluding hydrogens is 280 g/mol. The standard InChI is InChI=1S/C17H30N2O3/c1-3-5-12(2)19-11-14(9-16(19)21)17(22)18-10-13-6-4-7-15(20)8-13/h12-15,20H,3-11H2,1-2H3,(H,18,22). The van der Waals surface area contributed by atoms with Crippen molar-refractivity contribution < 1.29 is 14.7 Å². The van der Waals surface area contributed by atoms with Gasteiger partial charge < -0.3 is 15.3 Å². The van der Waals surface area contributed by atoms with Crippen molar-refractivity contribution >= 4 is 11.8 Å². The van der Waals surface area contributed by atoms with Crippen LogP contribution in [0.4, 0.5) is 0 Å². The molecule has 5 heteroatoms. The molecule has 2 aliphatic rings. The highest BCUT2D eigenvalue weighted by Crippen LogP contribution is 2.25. The lowest BCUT2D eigenvalue weighted by Crippen LogP contribution is -2.39. The quantitative estimate of drug-likeness (QED) is 0.784. The molecule has 22 heavy (non-hydrogen) atoms. The predicted molar refractivity (Wildman–Crippen MR) is 85.2 cm³/mol. The smallest absolute Gasteiger partial charge is 0.225 e. The lowest BCUT2D eigenvalue weighted by atomic mass is 9.87. The zero-order valence-corrected chi connectivity index (χ0v) is 13.9. The van der Waals surface area contributed by atoms with Crippen LogP contribution in [-0.2, 0) is 9.59 Å². The average Bonchev–Trinajstić information content (AvgIpc) is 2.87. The van der Waals surface area contributed by atoms with Gasteiger partial charge in [-0.3, -0.25) is 9.59 Å². The fourth-order valence-electron chi connectivity index (χ4n) is 3.74. The number of nitrogens with zero attached hydrogens (tertiary/aromatic N) is 1. The Bertz CT molecular complexity index is 399. The van der Waals surface area contributed by atoms with Crippen molar-refractivity contribution in [3.8, 4) is 0 Å². The average molecular weight is 310 g/mol. The molecule has 1 saturated heterocycles. The zero-order valence-electron chi connectivity index (χ0n) is 13.9. The van der Waals surface area contributed by atoms with Crippen LogP contribution < -0.4 is 5.32 Å². The van der Waals surface area contributed by atoms with Crippen molar-refractivity contribution in [1.29, 1.82) is 0 Å². The molecule has 1 aliphatic carbocycles. The summed E-state index contributed by atoms with van der Waals surface area (Å²) in [4.78, 5) is 26.2. The molecule has 1 aliphatic heterocycles. The molecule has 0 bridgehead atoms. The van der Waals surface area contributed by atoms with E-state index in [9.17, 15) is 14.7 Å². The van der Waals surface area contributed by atoms with Crippen LogP contribution in [0.3, 0.4) is 0 Å². The number of hydrogen-bond acceptors (Lipinski definition) is 3. The highest BCUT2D eigenvalue weighted by Gasteiger charge is 2.36. The summed E-state index contributed by atoms with van der Waals surface area (Å²) in [6.07, 6.45) is 5.93. The van der Waals surface area contributed by atoms with Crippen molar-refractivity contribution in [3.05, 3.63) is 0 Å². The maximum Gasteiger partial charge on any atom is 0.225 e. The molecule has 2 N–H and O–H groups in total. The van der Waals surface area contributed by atoms with E-state index in [1.54, 1.807) is 0 Å². The van der Waals surface area contributed by atoms with Crippen LogP contribution in [0.5, 0.6) is 0 Å². The van der Waals surface area contributed by atoms with Crippen LogP contribution in [-0.4, -0.2) is 47.1 Å². The van der Waals surface area contributed by atoms with Gasteiger partial charge in [0.15, 0.2) is 0 Å². The van der Waals surface area contributed by atoms with Gasteiger partial charge in [-0.2, -0.15) is 0 Å². The molecule has 2 rings (SSSR count). The summed E-state index contributed by atoms with van der Waals surface area (Å²) in [6.45, 7) is 5.36. The molecule has 0 aromatic rings. The monoisotopic (exact) mass is 310 g/mol. The van der Waals surface area contributed by atoms with Gasteiger partial charge in [-0.05, 0) is 38.5 Å².